The summed E-state index contributed by atoms with van der Waals surface area (Å²) in [6.45, 7) is 4.59. The molecule has 0 aromatic rings. The number of rotatable bonds is 27. The monoisotopic (exact) mass is 514 g/mol. The summed E-state index contributed by atoms with van der Waals surface area (Å²) in [7, 11) is 0. The lowest BCUT2D eigenvalue weighted by Crippen LogP contribution is -2.54. The molecular formula is C30H58O6. The molecule has 0 saturated heterocycles. The summed E-state index contributed by atoms with van der Waals surface area (Å²) in [6, 6.07) is 0. The first-order chi connectivity index (χ1) is 17.4. The van der Waals surface area contributed by atoms with Gasteiger partial charge < -0.3 is 20.1 Å². The molecule has 0 aliphatic heterocycles. The average Bonchev–Trinajstić information content (AvgIpc) is 2.87. The Hall–Kier alpha value is -1.14. The normalized spacial score (nSPS) is 13.9. The summed E-state index contributed by atoms with van der Waals surface area (Å²) in [6.07, 6.45) is 22.9. The van der Waals surface area contributed by atoms with E-state index in [0.717, 1.165) is 32.1 Å². The van der Waals surface area contributed by atoms with Gasteiger partial charge in [0.15, 0.2) is 11.7 Å². The molecule has 2 atom stereocenters. The van der Waals surface area contributed by atoms with Crippen LogP contribution in [-0.2, 0) is 14.3 Å². The van der Waals surface area contributed by atoms with Gasteiger partial charge in [0.25, 0.3) is 0 Å². The molecule has 6 nitrogen and oxygen atoms in total. The number of carbonyl (C=O) groups is 2. The van der Waals surface area contributed by atoms with E-state index in [1.807, 2.05) is 0 Å². The number of carboxylic acid groups (broad SMARTS) is 1. The third-order valence-corrected chi connectivity index (χ3v) is 7.18. The third kappa shape index (κ3) is 18.2. The van der Waals surface area contributed by atoms with E-state index in [1.54, 1.807) is 0 Å². The molecule has 0 spiro atoms. The third-order valence-electron chi connectivity index (χ3n) is 7.18. The van der Waals surface area contributed by atoms with E-state index in [1.165, 1.54) is 96.3 Å². The summed E-state index contributed by atoms with van der Waals surface area (Å²) in [4.78, 5) is 23.8. The molecule has 0 saturated carbocycles. The maximum atomic E-state index is 12.5. The van der Waals surface area contributed by atoms with Gasteiger partial charge in [-0.25, -0.2) is 9.59 Å². The summed E-state index contributed by atoms with van der Waals surface area (Å²) in [5.41, 5.74) is -2.39. The van der Waals surface area contributed by atoms with E-state index < -0.39 is 23.6 Å². The number of hydrogen-bond acceptors (Lipinski definition) is 5. The zero-order chi connectivity index (χ0) is 26.9. The average molecular weight is 515 g/mol. The molecule has 6 heteroatoms. The Bertz CT molecular complexity index is 524. The molecule has 214 valence electrons. The van der Waals surface area contributed by atoms with Crippen LogP contribution in [0.1, 0.15) is 162 Å². The van der Waals surface area contributed by atoms with Crippen molar-refractivity contribution >= 4 is 11.9 Å². The summed E-state index contributed by atoms with van der Waals surface area (Å²) < 4.78 is 5.20. The summed E-state index contributed by atoms with van der Waals surface area (Å²) >= 11 is 0. The van der Waals surface area contributed by atoms with Crippen LogP contribution in [0.5, 0.6) is 0 Å². The van der Waals surface area contributed by atoms with Gasteiger partial charge in [-0.2, -0.15) is 0 Å². The molecule has 0 radical (unpaired) electrons. The SMILES string of the molecule is CCCCCCCCCCCCCOC(=O)C(O)(CCCCCCCCCCCCC)C(O)C(=O)O. The van der Waals surface area contributed by atoms with E-state index in [4.69, 9.17) is 4.74 Å². The van der Waals surface area contributed by atoms with Gasteiger partial charge in [-0.1, -0.05) is 142 Å². The molecule has 0 fully saturated rings. The Labute approximate surface area is 221 Å². The van der Waals surface area contributed by atoms with Crippen LogP contribution in [0.25, 0.3) is 0 Å². The van der Waals surface area contributed by atoms with Crippen molar-refractivity contribution in [1.29, 1.82) is 0 Å². The smallest absolute Gasteiger partial charge is 0.341 e. The molecule has 0 aromatic carbocycles. The van der Waals surface area contributed by atoms with Gasteiger partial charge >= 0.3 is 11.9 Å². The Balaban J connectivity index is 4.05. The molecule has 0 aliphatic rings. The topological polar surface area (TPSA) is 104 Å². The molecule has 0 aliphatic carbocycles. The van der Waals surface area contributed by atoms with Crippen molar-refractivity contribution in [2.75, 3.05) is 6.61 Å². The second-order valence-electron chi connectivity index (χ2n) is 10.6. The van der Waals surface area contributed by atoms with Gasteiger partial charge in [0, 0.05) is 0 Å². The van der Waals surface area contributed by atoms with Gasteiger partial charge in [0.05, 0.1) is 6.61 Å². The summed E-state index contributed by atoms with van der Waals surface area (Å²) in [5.74, 6) is -2.62. The van der Waals surface area contributed by atoms with Crippen LogP contribution in [-0.4, -0.2) is 45.6 Å². The Morgan fingerprint density at radius 1 is 0.611 bits per heavy atom. The quantitative estimate of drug-likeness (QED) is 0.0765. The fourth-order valence-corrected chi connectivity index (χ4v) is 4.67. The maximum Gasteiger partial charge on any atom is 0.341 e. The number of esters is 1. The Morgan fingerprint density at radius 3 is 1.31 bits per heavy atom. The lowest BCUT2D eigenvalue weighted by atomic mass is 9.89. The first-order valence-electron chi connectivity index (χ1n) is 15.2. The first kappa shape index (κ1) is 34.9. The minimum Gasteiger partial charge on any atom is -0.479 e. The van der Waals surface area contributed by atoms with Crippen LogP contribution >= 0.6 is 0 Å². The molecular weight excluding hydrogens is 456 g/mol. The zero-order valence-electron chi connectivity index (χ0n) is 23.6. The highest BCUT2D eigenvalue weighted by atomic mass is 16.6. The van der Waals surface area contributed by atoms with Crippen molar-refractivity contribution in [2.24, 2.45) is 0 Å². The minimum absolute atomic E-state index is 0.103. The van der Waals surface area contributed by atoms with Crippen LogP contribution in [0, 0.1) is 0 Å². The number of ether oxygens (including phenoxy) is 1. The van der Waals surface area contributed by atoms with E-state index in [0.29, 0.717) is 12.8 Å². The lowest BCUT2D eigenvalue weighted by Gasteiger charge is -2.28. The molecule has 2 unspecified atom stereocenters. The van der Waals surface area contributed by atoms with Gasteiger partial charge in [-0.05, 0) is 19.3 Å². The highest BCUT2D eigenvalue weighted by Crippen LogP contribution is 2.23. The number of aliphatic hydroxyl groups excluding tert-OH is 1. The van der Waals surface area contributed by atoms with Crippen molar-refractivity contribution in [3.63, 3.8) is 0 Å². The number of unbranched alkanes of at least 4 members (excludes halogenated alkanes) is 20. The van der Waals surface area contributed by atoms with Crippen molar-refractivity contribution in [1.82, 2.24) is 0 Å². The predicted octanol–water partition coefficient (Wildman–Crippen LogP) is 7.72. The molecule has 0 rings (SSSR count). The van der Waals surface area contributed by atoms with Crippen molar-refractivity contribution in [2.45, 2.75) is 173 Å². The molecule has 0 bridgehead atoms. The Kier molecular flexibility index (Phi) is 23.4. The van der Waals surface area contributed by atoms with E-state index >= 15 is 0 Å². The number of carbonyl (C=O) groups excluding carboxylic acids is 1. The molecule has 0 amide bonds. The maximum absolute atomic E-state index is 12.5. The molecule has 36 heavy (non-hydrogen) atoms. The highest BCUT2D eigenvalue weighted by molar-refractivity contribution is 5.88. The van der Waals surface area contributed by atoms with Gasteiger partial charge in [0.1, 0.15) is 0 Å². The summed E-state index contributed by atoms with van der Waals surface area (Å²) in [5, 5.41) is 30.0. The second-order valence-corrected chi connectivity index (χ2v) is 10.6. The Morgan fingerprint density at radius 2 is 0.944 bits per heavy atom. The van der Waals surface area contributed by atoms with Crippen LogP contribution in [0.2, 0.25) is 0 Å². The van der Waals surface area contributed by atoms with Gasteiger partial charge in [0.2, 0.25) is 0 Å². The number of carboxylic acids is 1. The fourth-order valence-electron chi connectivity index (χ4n) is 4.67. The second kappa shape index (κ2) is 24.2. The van der Waals surface area contributed by atoms with Crippen molar-refractivity contribution in [3.05, 3.63) is 0 Å². The van der Waals surface area contributed by atoms with Crippen molar-refractivity contribution in [3.8, 4) is 0 Å². The van der Waals surface area contributed by atoms with E-state index in [9.17, 15) is 24.9 Å². The van der Waals surface area contributed by atoms with Crippen LogP contribution in [0.15, 0.2) is 0 Å². The van der Waals surface area contributed by atoms with Gasteiger partial charge in [-0.15, -0.1) is 0 Å². The number of aliphatic hydroxyl groups is 2. The predicted molar refractivity (Wildman–Crippen MR) is 147 cm³/mol. The molecule has 0 heterocycles. The van der Waals surface area contributed by atoms with E-state index in [-0.39, 0.29) is 13.0 Å². The number of aliphatic carboxylic acids is 1. The molecule has 0 aromatic heterocycles. The van der Waals surface area contributed by atoms with E-state index in [2.05, 4.69) is 13.8 Å². The van der Waals surface area contributed by atoms with Crippen LogP contribution in [0.4, 0.5) is 0 Å². The first-order valence-corrected chi connectivity index (χ1v) is 15.2. The van der Waals surface area contributed by atoms with Crippen LogP contribution in [0.3, 0.4) is 0 Å². The zero-order valence-corrected chi connectivity index (χ0v) is 23.6. The van der Waals surface area contributed by atoms with Gasteiger partial charge in [-0.3, -0.25) is 0 Å². The minimum atomic E-state index is -2.39. The largest absolute Gasteiger partial charge is 0.479 e. The fraction of sp³-hybridized carbons (Fsp3) is 0.933. The lowest BCUT2D eigenvalue weighted by molar-refractivity contribution is -0.189. The molecule has 3 N–H and O–H groups in total. The standard InChI is InChI=1S/C30H58O6/c1-3-5-7-9-11-13-15-17-19-21-23-25-30(35,27(31)28(32)33)29(34)36-26-24-22-20-18-16-14-12-10-8-6-4-2/h27,31,35H,3-26H2,1-2H3,(H,32,33). The van der Waals surface area contributed by atoms with Crippen LogP contribution < -0.4 is 0 Å². The van der Waals surface area contributed by atoms with Crippen molar-refractivity contribution < 1.29 is 29.6 Å². The number of hydrogen-bond donors (Lipinski definition) is 3. The highest BCUT2D eigenvalue weighted by Gasteiger charge is 2.48.